The summed E-state index contributed by atoms with van der Waals surface area (Å²) in [7, 11) is 1.56. The fourth-order valence-corrected chi connectivity index (χ4v) is 1.10. The Balaban J connectivity index is 3.10. The van der Waals surface area contributed by atoms with E-state index in [2.05, 4.69) is 6.92 Å². The van der Waals surface area contributed by atoms with Crippen LogP contribution in [0.25, 0.3) is 0 Å². The van der Waals surface area contributed by atoms with Crippen molar-refractivity contribution in [2.75, 3.05) is 7.11 Å². The summed E-state index contributed by atoms with van der Waals surface area (Å²) in [6.07, 6.45) is 1.75. The molecule has 0 amide bonds. The van der Waals surface area contributed by atoms with Crippen LogP contribution in [0.1, 0.15) is 22.8 Å². The SMILES string of the molecule is CCc1ccc(OC)c(C=O)c1. The lowest BCUT2D eigenvalue weighted by Crippen LogP contribution is -1.91. The quantitative estimate of drug-likeness (QED) is 0.639. The predicted octanol–water partition coefficient (Wildman–Crippen LogP) is 2.07. The Kier molecular flexibility index (Phi) is 2.86. The molecule has 0 aliphatic carbocycles. The first-order valence-corrected chi connectivity index (χ1v) is 3.94. The molecule has 0 aromatic heterocycles. The zero-order valence-corrected chi connectivity index (χ0v) is 7.33. The third kappa shape index (κ3) is 1.64. The summed E-state index contributed by atoms with van der Waals surface area (Å²) in [5.74, 6) is 0.641. The van der Waals surface area contributed by atoms with E-state index in [-0.39, 0.29) is 0 Å². The molecular weight excluding hydrogens is 152 g/mol. The lowest BCUT2D eigenvalue weighted by Gasteiger charge is -2.04. The topological polar surface area (TPSA) is 26.3 Å². The molecule has 0 atom stereocenters. The van der Waals surface area contributed by atoms with Crippen LogP contribution in [0.2, 0.25) is 0 Å². The van der Waals surface area contributed by atoms with E-state index in [1.54, 1.807) is 7.11 Å². The highest BCUT2D eigenvalue weighted by atomic mass is 16.5. The molecule has 0 saturated heterocycles. The second-order valence-corrected chi connectivity index (χ2v) is 2.55. The molecule has 12 heavy (non-hydrogen) atoms. The molecule has 0 aliphatic rings. The normalized spacial score (nSPS) is 9.50. The molecule has 0 unspecified atom stereocenters. The van der Waals surface area contributed by atoms with Crippen LogP contribution >= 0.6 is 0 Å². The number of carbonyl (C=O) groups excluding carboxylic acids is 1. The minimum Gasteiger partial charge on any atom is -0.496 e. The van der Waals surface area contributed by atoms with Gasteiger partial charge < -0.3 is 4.74 Å². The van der Waals surface area contributed by atoms with Crippen molar-refractivity contribution in [3.05, 3.63) is 29.3 Å². The van der Waals surface area contributed by atoms with Crippen LogP contribution in [0.3, 0.4) is 0 Å². The Morgan fingerprint density at radius 2 is 2.25 bits per heavy atom. The third-order valence-electron chi connectivity index (χ3n) is 1.83. The van der Waals surface area contributed by atoms with Gasteiger partial charge in [0.2, 0.25) is 0 Å². The molecule has 0 radical (unpaired) electrons. The molecule has 2 heteroatoms. The first-order valence-electron chi connectivity index (χ1n) is 3.94. The van der Waals surface area contributed by atoms with Gasteiger partial charge in [-0.05, 0) is 24.1 Å². The van der Waals surface area contributed by atoms with Crippen molar-refractivity contribution >= 4 is 6.29 Å². The monoisotopic (exact) mass is 164 g/mol. The van der Waals surface area contributed by atoms with Gasteiger partial charge in [0, 0.05) is 0 Å². The largest absolute Gasteiger partial charge is 0.496 e. The van der Waals surface area contributed by atoms with Gasteiger partial charge in [0.15, 0.2) is 6.29 Å². The minimum atomic E-state index is 0.622. The Morgan fingerprint density at radius 3 is 2.75 bits per heavy atom. The number of carbonyl (C=O) groups is 1. The van der Waals surface area contributed by atoms with Crippen LogP contribution in [0.4, 0.5) is 0 Å². The van der Waals surface area contributed by atoms with Crippen molar-refractivity contribution in [1.29, 1.82) is 0 Å². The van der Waals surface area contributed by atoms with Crippen molar-refractivity contribution in [1.82, 2.24) is 0 Å². The lowest BCUT2D eigenvalue weighted by molar-refractivity contribution is 0.112. The standard InChI is InChI=1S/C10H12O2/c1-3-8-4-5-10(12-2)9(6-8)7-11/h4-7H,3H2,1-2H3. The van der Waals surface area contributed by atoms with Crippen LogP contribution < -0.4 is 4.74 Å². The molecule has 0 spiro atoms. The van der Waals surface area contributed by atoms with Crippen LogP contribution in [0.5, 0.6) is 5.75 Å². The minimum absolute atomic E-state index is 0.622. The summed E-state index contributed by atoms with van der Waals surface area (Å²) in [5.41, 5.74) is 1.77. The summed E-state index contributed by atoms with van der Waals surface area (Å²) >= 11 is 0. The Morgan fingerprint density at radius 1 is 1.50 bits per heavy atom. The fraction of sp³-hybridized carbons (Fsp3) is 0.300. The van der Waals surface area contributed by atoms with Crippen LogP contribution in [0.15, 0.2) is 18.2 Å². The average Bonchev–Trinajstić information content (AvgIpc) is 2.16. The molecule has 2 nitrogen and oxygen atoms in total. The third-order valence-corrected chi connectivity index (χ3v) is 1.83. The highest BCUT2D eigenvalue weighted by Crippen LogP contribution is 2.17. The number of aldehydes is 1. The molecule has 0 bridgehead atoms. The summed E-state index contributed by atoms with van der Waals surface area (Å²) in [6.45, 7) is 2.05. The number of rotatable bonds is 3. The number of hydrogen-bond acceptors (Lipinski definition) is 2. The van der Waals surface area contributed by atoms with Gasteiger partial charge in [-0.15, -0.1) is 0 Å². The zero-order valence-electron chi connectivity index (χ0n) is 7.33. The second-order valence-electron chi connectivity index (χ2n) is 2.55. The van der Waals surface area contributed by atoms with Gasteiger partial charge >= 0.3 is 0 Å². The first kappa shape index (κ1) is 8.78. The molecule has 64 valence electrons. The summed E-state index contributed by atoms with van der Waals surface area (Å²) < 4.78 is 5.00. The molecule has 0 heterocycles. The van der Waals surface area contributed by atoms with Crippen molar-refractivity contribution in [2.45, 2.75) is 13.3 Å². The maximum absolute atomic E-state index is 10.6. The molecular formula is C10H12O2. The van der Waals surface area contributed by atoms with Crippen molar-refractivity contribution in [2.24, 2.45) is 0 Å². The maximum atomic E-state index is 10.6. The van der Waals surface area contributed by atoms with E-state index in [4.69, 9.17) is 4.74 Å². The van der Waals surface area contributed by atoms with Crippen LogP contribution in [-0.4, -0.2) is 13.4 Å². The van der Waals surface area contributed by atoms with Gasteiger partial charge in [0.25, 0.3) is 0 Å². The van der Waals surface area contributed by atoms with Crippen molar-refractivity contribution in [3.8, 4) is 5.75 Å². The Hall–Kier alpha value is -1.31. The molecule has 0 saturated carbocycles. The highest BCUT2D eigenvalue weighted by molar-refractivity contribution is 5.79. The van der Waals surface area contributed by atoms with Gasteiger partial charge in [-0.25, -0.2) is 0 Å². The number of hydrogen-bond donors (Lipinski definition) is 0. The molecule has 0 fully saturated rings. The number of benzene rings is 1. The molecule has 1 rings (SSSR count). The predicted molar refractivity (Wildman–Crippen MR) is 47.8 cm³/mol. The zero-order chi connectivity index (χ0) is 8.97. The van der Waals surface area contributed by atoms with E-state index in [0.29, 0.717) is 11.3 Å². The van der Waals surface area contributed by atoms with Gasteiger partial charge in [-0.2, -0.15) is 0 Å². The number of methoxy groups -OCH3 is 1. The van der Waals surface area contributed by atoms with Gasteiger partial charge in [-0.1, -0.05) is 13.0 Å². The number of aryl methyl sites for hydroxylation is 1. The summed E-state index contributed by atoms with van der Waals surface area (Å²) in [4.78, 5) is 10.6. The summed E-state index contributed by atoms with van der Waals surface area (Å²) in [5, 5.41) is 0. The van der Waals surface area contributed by atoms with Gasteiger partial charge in [0.1, 0.15) is 5.75 Å². The highest BCUT2D eigenvalue weighted by Gasteiger charge is 2.01. The van der Waals surface area contributed by atoms with Crippen molar-refractivity contribution < 1.29 is 9.53 Å². The summed E-state index contributed by atoms with van der Waals surface area (Å²) in [6, 6.07) is 5.64. The lowest BCUT2D eigenvalue weighted by atomic mass is 10.1. The maximum Gasteiger partial charge on any atom is 0.153 e. The van der Waals surface area contributed by atoms with Crippen LogP contribution in [-0.2, 0) is 6.42 Å². The molecule has 1 aromatic carbocycles. The van der Waals surface area contributed by atoms with Gasteiger partial charge in [0.05, 0.1) is 12.7 Å². The van der Waals surface area contributed by atoms with E-state index in [1.807, 2.05) is 18.2 Å². The average molecular weight is 164 g/mol. The van der Waals surface area contributed by atoms with E-state index in [1.165, 1.54) is 0 Å². The van der Waals surface area contributed by atoms with E-state index >= 15 is 0 Å². The van der Waals surface area contributed by atoms with Gasteiger partial charge in [-0.3, -0.25) is 4.79 Å². The number of ether oxygens (including phenoxy) is 1. The Bertz CT molecular complexity index is 279. The van der Waals surface area contributed by atoms with E-state index < -0.39 is 0 Å². The van der Waals surface area contributed by atoms with E-state index in [9.17, 15) is 4.79 Å². The molecule has 1 aromatic rings. The molecule has 0 N–H and O–H groups in total. The van der Waals surface area contributed by atoms with E-state index in [0.717, 1.165) is 18.3 Å². The Labute approximate surface area is 72.2 Å². The van der Waals surface area contributed by atoms with Crippen molar-refractivity contribution in [3.63, 3.8) is 0 Å². The van der Waals surface area contributed by atoms with Crippen LogP contribution in [0, 0.1) is 0 Å². The smallest absolute Gasteiger partial charge is 0.153 e. The molecule has 0 aliphatic heterocycles. The second kappa shape index (κ2) is 3.90. The first-order chi connectivity index (χ1) is 5.81. The fourth-order valence-electron chi connectivity index (χ4n) is 1.10.